The van der Waals surface area contributed by atoms with Crippen molar-refractivity contribution < 1.29 is 4.79 Å². The van der Waals surface area contributed by atoms with E-state index < -0.39 is 11.7 Å². The molecule has 0 unspecified atom stereocenters. The predicted molar refractivity (Wildman–Crippen MR) is 98.1 cm³/mol. The van der Waals surface area contributed by atoms with Gasteiger partial charge in [-0.3, -0.25) is 0 Å². The molecule has 8 heteroatoms. The molecule has 0 aliphatic heterocycles. The lowest BCUT2D eigenvalue weighted by molar-refractivity contribution is 0.157. The lowest BCUT2D eigenvalue weighted by Crippen LogP contribution is -2.47. The quantitative estimate of drug-likeness (QED) is 0.732. The second-order valence-corrected chi connectivity index (χ2v) is 7.21. The largest absolute Gasteiger partial charge is 0.377 e. The lowest BCUT2D eigenvalue weighted by atomic mass is 9.94. The van der Waals surface area contributed by atoms with Crippen LogP contribution in [-0.2, 0) is 0 Å². The van der Waals surface area contributed by atoms with Crippen molar-refractivity contribution in [2.75, 3.05) is 6.54 Å². The fraction of sp³-hybridized carbons (Fsp3) is 0.529. The zero-order valence-electron chi connectivity index (χ0n) is 14.5. The van der Waals surface area contributed by atoms with Crippen LogP contribution in [0.5, 0.6) is 0 Å². The summed E-state index contributed by atoms with van der Waals surface area (Å²) in [5, 5.41) is 7.77. The summed E-state index contributed by atoms with van der Waals surface area (Å²) >= 11 is 3.44. The van der Waals surface area contributed by atoms with Crippen molar-refractivity contribution >= 4 is 22.0 Å². The second-order valence-electron chi connectivity index (χ2n) is 6.35. The number of aromatic nitrogens is 4. The average molecular weight is 408 g/mol. The fourth-order valence-corrected chi connectivity index (χ4v) is 4.10. The molecule has 3 rings (SSSR count). The van der Waals surface area contributed by atoms with Crippen LogP contribution in [0.2, 0.25) is 0 Å². The number of hydrogen-bond acceptors (Lipinski definition) is 4. The van der Waals surface area contributed by atoms with E-state index in [9.17, 15) is 9.59 Å². The Balaban J connectivity index is 1.95. The van der Waals surface area contributed by atoms with Crippen LogP contribution in [-0.4, -0.2) is 43.3 Å². The van der Waals surface area contributed by atoms with E-state index in [0.29, 0.717) is 12.2 Å². The zero-order valence-corrected chi connectivity index (χ0v) is 16.1. The van der Waals surface area contributed by atoms with Crippen LogP contribution in [0.15, 0.2) is 27.5 Å². The molecule has 1 aliphatic rings. The number of aryl methyl sites for hydroxylation is 1. The van der Waals surface area contributed by atoms with Crippen molar-refractivity contribution in [1.82, 2.24) is 24.7 Å². The van der Waals surface area contributed by atoms with Gasteiger partial charge in [-0.15, -0.1) is 4.68 Å². The molecule has 0 bridgehead atoms. The van der Waals surface area contributed by atoms with Gasteiger partial charge in [-0.05, 0) is 64.7 Å². The third kappa shape index (κ3) is 3.40. The molecular weight excluding hydrogens is 386 g/mol. The van der Waals surface area contributed by atoms with Crippen molar-refractivity contribution in [1.29, 1.82) is 0 Å². The number of carbonyl (C=O) groups is 1. The minimum atomic E-state index is -0.547. The fourth-order valence-electron chi connectivity index (χ4n) is 3.46. The lowest BCUT2D eigenvalue weighted by Gasteiger charge is -2.32. The molecule has 0 spiro atoms. The van der Waals surface area contributed by atoms with Crippen LogP contribution >= 0.6 is 15.9 Å². The van der Waals surface area contributed by atoms with Crippen LogP contribution < -0.4 is 5.69 Å². The summed E-state index contributed by atoms with van der Waals surface area (Å²) in [5.74, 6) is 0. The summed E-state index contributed by atoms with van der Waals surface area (Å²) in [4.78, 5) is 27.4. The molecule has 1 aliphatic carbocycles. The van der Waals surface area contributed by atoms with Crippen LogP contribution in [0.1, 0.15) is 44.6 Å². The smallest absolute Gasteiger partial charge is 0.320 e. The Hall–Kier alpha value is -1.96. The predicted octanol–water partition coefficient (Wildman–Crippen LogP) is 3.12. The van der Waals surface area contributed by atoms with Crippen LogP contribution in [0.4, 0.5) is 4.79 Å². The van der Waals surface area contributed by atoms with Crippen molar-refractivity contribution in [3.05, 3.63) is 38.7 Å². The van der Waals surface area contributed by atoms with Crippen LogP contribution in [0.25, 0.3) is 5.69 Å². The molecule has 0 radical (unpaired) electrons. The standard InChI is InChI=1S/C17H22BrN5O2/c1-3-21(13-9-5-4-6-10-13)16(24)23-17(25)22(19-20-23)15-12(2)8-7-11-14(15)18/h7-8,11,13H,3-6,9-10H2,1-2H3. The molecule has 1 fully saturated rings. The molecule has 1 amide bonds. The van der Waals surface area contributed by atoms with E-state index in [1.54, 1.807) is 4.90 Å². The van der Waals surface area contributed by atoms with Gasteiger partial charge in [0.05, 0.1) is 5.69 Å². The number of halogens is 1. The number of hydrogen-bond donors (Lipinski definition) is 0. The maximum atomic E-state index is 12.9. The van der Waals surface area contributed by atoms with E-state index in [0.717, 1.165) is 40.4 Å². The topological polar surface area (TPSA) is 73.0 Å². The third-order valence-corrected chi connectivity index (χ3v) is 5.40. The Bertz CT molecular complexity index is 802. The maximum Gasteiger partial charge on any atom is 0.377 e. The van der Waals surface area contributed by atoms with Gasteiger partial charge in [0, 0.05) is 17.1 Å². The van der Waals surface area contributed by atoms with E-state index in [2.05, 4.69) is 26.4 Å². The van der Waals surface area contributed by atoms with Gasteiger partial charge in [-0.25, -0.2) is 9.59 Å². The van der Waals surface area contributed by atoms with Crippen LogP contribution in [0.3, 0.4) is 0 Å². The minimum Gasteiger partial charge on any atom is -0.320 e. The molecule has 1 aromatic carbocycles. The zero-order chi connectivity index (χ0) is 18.0. The summed E-state index contributed by atoms with van der Waals surface area (Å²) in [6.07, 6.45) is 5.40. The van der Waals surface area contributed by atoms with Crippen molar-refractivity contribution in [2.24, 2.45) is 0 Å². The summed E-state index contributed by atoms with van der Waals surface area (Å²) in [6, 6.07) is 5.37. The first kappa shape index (κ1) is 17.8. The molecule has 134 valence electrons. The van der Waals surface area contributed by atoms with Crippen molar-refractivity contribution in [3.63, 3.8) is 0 Å². The number of para-hydroxylation sites is 1. The molecule has 0 atom stereocenters. The molecular formula is C17H22BrN5O2. The molecule has 1 saturated carbocycles. The highest BCUT2D eigenvalue weighted by Crippen LogP contribution is 2.24. The first-order chi connectivity index (χ1) is 12.0. The van der Waals surface area contributed by atoms with Gasteiger partial charge < -0.3 is 4.90 Å². The summed E-state index contributed by atoms with van der Waals surface area (Å²) in [7, 11) is 0. The number of benzene rings is 1. The second kappa shape index (κ2) is 7.51. The Morgan fingerprint density at radius 2 is 2.00 bits per heavy atom. The number of rotatable bonds is 3. The molecule has 1 aromatic heterocycles. The Morgan fingerprint density at radius 3 is 2.64 bits per heavy atom. The highest BCUT2D eigenvalue weighted by molar-refractivity contribution is 9.10. The molecule has 2 aromatic rings. The first-order valence-corrected chi connectivity index (χ1v) is 9.45. The van der Waals surface area contributed by atoms with Crippen molar-refractivity contribution in [3.8, 4) is 5.69 Å². The van der Waals surface area contributed by atoms with E-state index in [1.165, 1.54) is 11.1 Å². The van der Waals surface area contributed by atoms with Gasteiger partial charge in [0.25, 0.3) is 0 Å². The minimum absolute atomic E-state index is 0.175. The number of tetrazole rings is 1. The summed E-state index contributed by atoms with van der Waals surface area (Å²) in [6.45, 7) is 4.37. The summed E-state index contributed by atoms with van der Waals surface area (Å²) in [5.41, 5.74) is 0.928. The Labute approximate surface area is 154 Å². The SMILES string of the molecule is CCN(C(=O)n1nnn(-c2c(C)cccc2Br)c1=O)C1CCCCC1. The van der Waals surface area contributed by atoms with Gasteiger partial charge in [0.1, 0.15) is 0 Å². The number of amides is 1. The first-order valence-electron chi connectivity index (χ1n) is 8.66. The van der Waals surface area contributed by atoms with Gasteiger partial charge >= 0.3 is 11.7 Å². The van der Waals surface area contributed by atoms with Gasteiger partial charge in [0.15, 0.2) is 0 Å². The highest BCUT2D eigenvalue weighted by atomic mass is 79.9. The maximum absolute atomic E-state index is 12.9. The normalized spacial score (nSPS) is 15.3. The number of carbonyl (C=O) groups excluding carboxylic acids is 1. The van der Waals surface area contributed by atoms with E-state index in [4.69, 9.17) is 0 Å². The molecule has 1 heterocycles. The van der Waals surface area contributed by atoms with E-state index in [1.807, 2.05) is 32.0 Å². The Kier molecular flexibility index (Phi) is 5.36. The van der Waals surface area contributed by atoms with Gasteiger partial charge in [0.2, 0.25) is 0 Å². The molecule has 7 nitrogen and oxygen atoms in total. The average Bonchev–Trinajstić information content (AvgIpc) is 2.98. The molecule has 0 N–H and O–H groups in total. The molecule has 0 saturated heterocycles. The monoisotopic (exact) mass is 407 g/mol. The van der Waals surface area contributed by atoms with E-state index >= 15 is 0 Å². The number of nitrogens with zero attached hydrogens (tertiary/aromatic N) is 5. The molecule has 25 heavy (non-hydrogen) atoms. The third-order valence-electron chi connectivity index (χ3n) is 4.76. The highest BCUT2D eigenvalue weighted by Gasteiger charge is 2.28. The summed E-state index contributed by atoms with van der Waals surface area (Å²) < 4.78 is 2.77. The Morgan fingerprint density at radius 1 is 1.28 bits per heavy atom. The van der Waals surface area contributed by atoms with Gasteiger partial charge in [-0.2, -0.15) is 4.68 Å². The van der Waals surface area contributed by atoms with Gasteiger partial charge in [-0.1, -0.05) is 31.4 Å². The van der Waals surface area contributed by atoms with E-state index in [-0.39, 0.29) is 6.04 Å². The van der Waals surface area contributed by atoms with Crippen molar-refractivity contribution in [2.45, 2.75) is 52.0 Å². The van der Waals surface area contributed by atoms with Crippen LogP contribution in [0, 0.1) is 6.92 Å².